The second-order valence-electron chi connectivity index (χ2n) is 5.61. The van der Waals surface area contributed by atoms with E-state index in [0.29, 0.717) is 11.4 Å². The molecule has 26 heavy (non-hydrogen) atoms. The summed E-state index contributed by atoms with van der Waals surface area (Å²) in [5.41, 5.74) is 1.88. The van der Waals surface area contributed by atoms with Crippen molar-refractivity contribution < 1.29 is 13.2 Å². The number of amides is 1. The first-order valence-corrected chi connectivity index (χ1v) is 9.53. The zero-order valence-corrected chi connectivity index (χ0v) is 16.1. The number of anilines is 1. The number of hydrogen-bond acceptors (Lipinski definition) is 5. The molecular formula is C17H23ClN4O3S. The van der Waals surface area contributed by atoms with E-state index in [9.17, 15) is 13.2 Å². The van der Waals surface area contributed by atoms with Crippen molar-refractivity contribution in [2.24, 2.45) is 5.84 Å². The van der Waals surface area contributed by atoms with Crippen molar-refractivity contribution in [3.8, 4) is 0 Å². The van der Waals surface area contributed by atoms with Crippen LogP contribution in [0, 0.1) is 0 Å². The van der Waals surface area contributed by atoms with Gasteiger partial charge in [-0.15, -0.1) is 12.4 Å². The number of aromatic nitrogens is 1. The highest BCUT2D eigenvalue weighted by molar-refractivity contribution is 7.89. The first kappa shape index (κ1) is 22.0. The fourth-order valence-electron chi connectivity index (χ4n) is 2.27. The van der Waals surface area contributed by atoms with E-state index in [2.05, 4.69) is 17.2 Å². The number of unbranched alkanes of at least 4 members (excludes halogenated alkanes) is 2. The molecule has 0 spiro atoms. The minimum absolute atomic E-state index is 0. The van der Waals surface area contributed by atoms with Gasteiger partial charge in [0.1, 0.15) is 5.69 Å². The molecule has 0 aliphatic heterocycles. The fourth-order valence-corrected chi connectivity index (χ4v) is 2.90. The Labute approximate surface area is 159 Å². The number of nitrogens with two attached hydrogens (primary N) is 1. The molecule has 0 unspecified atom stereocenters. The maximum atomic E-state index is 12.2. The van der Waals surface area contributed by atoms with Gasteiger partial charge in [-0.1, -0.05) is 25.8 Å². The van der Waals surface area contributed by atoms with Gasteiger partial charge in [0.2, 0.25) is 0 Å². The molecule has 142 valence electrons. The largest absolute Gasteiger partial charge is 0.321 e. The minimum Gasteiger partial charge on any atom is -0.321 e. The Kier molecular flexibility index (Phi) is 8.67. The Morgan fingerprint density at radius 2 is 1.81 bits per heavy atom. The van der Waals surface area contributed by atoms with Crippen molar-refractivity contribution in [1.82, 2.24) is 9.82 Å². The smallest absolute Gasteiger partial charge is 0.274 e. The Balaban J connectivity index is 0.00000338. The quantitative estimate of drug-likeness (QED) is 0.359. The average Bonchev–Trinajstić information content (AvgIpc) is 2.63. The zero-order valence-electron chi connectivity index (χ0n) is 14.4. The van der Waals surface area contributed by atoms with Crippen LogP contribution in [-0.2, 0) is 16.4 Å². The normalized spacial score (nSPS) is 10.8. The van der Waals surface area contributed by atoms with Crippen LogP contribution >= 0.6 is 12.4 Å². The molecule has 4 N–H and O–H groups in total. The van der Waals surface area contributed by atoms with E-state index in [1.54, 1.807) is 17.1 Å². The molecule has 0 aliphatic carbocycles. The van der Waals surface area contributed by atoms with Crippen LogP contribution in [0.5, 0.6) is 0 Å². The van der Waals surface area contributed by atoms with Crippen LogP contribution in [0.25, 0.3) is 0 Å². The SMILES string of the molecule is CCCCCc1ccc(C(=O)Nc2ccc(S(=O)(=O)NN)cc2)nc1.Cl. The lowest BCUT2D eigenvalue weighted by molar-refractivity contribution is 0.102. The number of pyridine rings is 1. The van der Waals surface area contributed by atoms with Crippen LogP contribution in [0.15, 0.2) is 47.5 Å². The molecule has 1 amide bonds. The van der Waals surface area contributed by atoms with E-state index in [0.717, 1.165) is 24.8 Å². The van der Waals surface area contributed by atoms with E-state index >= 15 is 0 Å². The summed E-state index contributed by atoms with van der Waals surface area (Å²) < 4.78 is 23.1. The topological polar surface area (TPSA) is 114 Å². The molecule has 0 aliphatic rings. The van der Waals surface area contributed by atoms with Gasteiger partial charge in [0.05, 0.1) is 4.90 Å². The molecule has 0 fully saturated rings. The van der Waals surface area contributed by atoms with Gasteiger partial charge in [-0.25, -0.2) is 8.42 Å². The number of hydrazine groups is 1. The third-order valence-electron chi connectivity index (χ3n) is 3.70. The molecule has 0 bridgehead atoms. The van der Waals surface area contributed by atoms with Crippen LogP contribution in [0.4, 0.5) is 5.69 Å². The molecule has 0 atom stereocenters. The first-order valence-electron chi connectivity index (χ1n) is 8.05. The molecule has 9 heteroatoms. The number of nitrogens with zero attached hydrogens (tertiary/aromatic N) is 1. The Bertz CT molecular complexity index is 809. The number of aryl methyl sites for hydroxylation is 1. The van der Waals surface area contributed by atoms with Crippen LogP contribution in [0.1, 0.15) is 42.2 Å². The Hall–Kier alpha value is -2.00. The number of nitrogens with one attached hydrogen (secondary N) is 2. The van der Waals surface area contributed by atoms with E-state index < -0.39 is 10.0 Å². The highest BCUT2D eigenvalue weighted by Crippen LogP contribution is 2.14. The standard InChI is InChI=1S/C17H22N4O3S.ClH/c1-2-3-4-5-13-6-11-16(19-12-13)17(22)20-14-7-9-15(10-8-14)25(23,24)21-18;/h6-12,21H,2-5,18H2,1H3,(H,20,22);1H. The van der Waals surface area contributed by atoms with Crippen molar-refractivity contribution in [2.75, 3.05) is 5.32 Å². The van der Waals surface area contributed by atoms with E-state index in [1.807, 2.05) is 6.07 Å². The lowest BCUT2D eigenvalue weighted by Crippen LogP contribution is -2.30. The van der Waals surface area contributed by atoms with Gasteiger partial charge in [0, 0.05) is 11.9 Å². The molecule has 1 aromatic carbocycles. The predicted molar refractivity (Wildman–Crippen MR) is 104 cm³/mol. The number of halogens is 1. The number of rotatable bonds is 8. The summed E-state index contributed by atoms with van der Waals surface area (Å²) in [4.78, 5) is 18.1. The van der Waals surface area contributed by atoms with Crippen molar-refractivity contribution in [1.29, 1.82) is 0 Å². The highest BCUT2D eigenvalue weighted by atomic mass is 35.5. The molecule has 1 heterocycles. The van der Waals surface area contributed by atoms with Gasteiger partial charge >= 0.3 is 0 Å². The monoisotopic (exact) mass is 398 g/mol. The number of carbonyl (C=O) groups excluding carboxylic acids is 1. The van der Waals surface area contributed by atoms with Gasteiger partial charge in [0.15, 0.2) is 0 Å². The van der Waals surface area contributed by atoms with Crippen molar-refractivity contribution in [2.45, 2.75) is 37.5 Å². The maximum Gasteiger partial charge on any atom is 0.274 e. The summed E-state index contributed by atoms with van der Waals surface area (Å²) in [6, 6.07) is 9.28. The molecule has 2 rings (SSSR count). The summed E-state index contributed by atoms with van der Waals surface area (Å²) in [7, 11) is -3.71. The van der Waals surface area contributed by atoms with Gasteiger partial charge in [-0.05, 0) is 48.7 Å². The molecule has 0 radical (unpaired) electrons. The summed E-state index contributed by atoms with van der Waals surface area (Å²) in [5, 5.41) is 2.68. The van der Waals surface area contributed by atoms with Gasteiger partial charge < -0.3 is 5.32 Å². The second kappa shape index (κ2) is 10.2. The van der Waals surface area contributed by atoms with Gasteiger partial charge in [-0.3, -0.25) is 15.6 Å². The lowest BCUT2D eigenvalue weighted by atomic mass is 10.1. The first-order chi connectivity index (χ1) is 12.0. The fraction of sp³-hybridized carbons (Fsp3) is 0.294. The third-order valence-corrected chi connectivity index (χ3v) is 4.91. The number of benzene rings is 1. The van der Waals surface area contributed by atoms with Crippen molar-refractivity contribution in [3.63, 3.8) is 0 Å². The summed E-state index contributed by atoms with van der Waals surface area (Å²) in [5.74, 6) is 4.61. The van der Waals surface area contributed by atoms with E-state index in [1.165, 1.54) is 30.7 Å². The van der Waals surface area contributed by atoms with E-state index in [-0.39, 0.29) is 23.2 Å². The van der Waals surface area contributed by atoms with Crippen LogP contribution in [0.3, 0.4) is 0 Å². The molecule has 0 saturated heterocycles. The molecule has 1 aromatic heterocycles. The second-order valence-corrected chi connectivity index (χ2v) is 7.32. The van der Waals surface area contributed by atoms with Gasteiger partial charge in [0.25, 0.3) is 15.9 Å². The minimum atomic E-state index is -3.71. The molecule has 0 saturated carbocycles. The summed E-state index contributed by atoms with van der Waals surface area (Å²) in [6.07, 6.45) is 6.11. The van der Waals surface area contributed by atoms with Crippen molar-refractivity contribution in [3.05, 3.63) is 53.9 Å². The molecular weight excluding hydrogens is 376 g/mol. The van der Waals surface area contributed by atoms with E-state index in [4.69, 9.17) is 5.84 Å². The zero-order chi connectivity index (χ0) is 18.3. The molecule has 2 aromatic rings. The predicted octanol–water partition coefficient (Wildman–Crippen LogP) is 2.64. The number of hydrogen-bond donors (Lipinski definition) is 3. The van der Waals surface area contributed by atoms with Crippen LogP contribution in [0.2, 0.25) is 0 Å². The van der Waals surface area contributed by atoms with Gasteiger partial charge in [-0.2, -0.15) is 4.83 Å². The highest BCUT2D eigenvalue weighted by Gasteiger charge is 2.12. The summed E-state index contributed by atoms with van der Waals surface area (Å²) >= 11 is 0. The number of sulfonamides is 1. The summed E-state index contributed by atoms with van der Waals surface area (Å²) in [6.45, 7) is 2.15. The number of carbonyl (C=O) groups is 1. The van der Waals surface area contributed by atoms with Crippen LogP contribution in [-0.4, -0.2) is 19.3 Å². The van der Waals surface area contributed by atoms with Crippen LogP contribution < -0.4 is 16.0 Å². The molecule has 7 nitrogen and oxygen atoms in total. The average molecular weight is 399 g/mol. The third kappa shape index (κ3) is 6.06. The maximum absolute atomic E-state index is 12.2. The van der Waals surface area contributed by atoms with Crippen molar-refractivity contribution >= 4 is 34.0 Å². The lowest BCUT2D eigenvalue weighted by Gasteiger charge is -2.07. The Morgan fingerprint density at radius 1 is 1.12 bits per heavy atom. The Morgan fingerprint density at radius 3 is 2.35 bits per heavy atom.